The predicted octanol–water partition coefficient (Wildman–Crippen LogP) is 1.39. The van der Waals surface area contributed by atoms with Crippen molar-refractivity contribution in [3.05, 3.63) is 41.5 Å². The van der Waals surface area contributed by atoms with E-state index in [9.17, 15) is 13.2 Å². The van der Waals surface area contributed by atoms with Gasteiger partial charge in [0.15, 0.2) is 14.6 Å². The van der Waals surface area contributed by atoms with E-state index in [1.54, 1.807) is 0 Å². The highest BCUT2D eigenvalue weighted by atomic mass is 32.2. The minimum Gasteiger partial charge on any atom is -0.304 e. The molecule has 31 heavy (non-hydrogen) atoms. The molecule has 0 aliphatic carbocycles. The van der Waals surface area contributed by atoms with Crippen molar-refractivity contribution in [2.75, 3.05) is 46.0 Å². The Morgan fingerprint density at radius 2 is 1.97 bits per heavy atom. The molecule has 1 aromatic carbocycles. The average Bonchev–Trinajstić information content (AvgIpc) is 2.73. The highest BCUT2D eigenvalue weighted by molar-refractivity contribution is 7.92. The van der Waals surface area contributed by atoms with Gasteiger partial charge in [-0.1, -0.05) is 30.0 Å². The summed E-state index contributed by atoms with van der Waals surface area (Å²) < 4.78 is 22.5. The molecular weight excluding hydrogens is 414 g/mol. The van der Waals surface area contributed by atoms with Crippen LogP contribution in [0.1, 0.15) is 30.9 Å². The number of amides is 1. The largest absolute Gasteiger partial charge is 0.304 e. The molecule has 7 nitrogen and oxygen atoms in total. The van der Waals surface area contributed by atoms with E-state index in [1.807, 2.05) is 0 Å². The number of nitrogens with zero attached hydrogens (tertiary/aromatic N) is 2. The van der Waals surface area contributed by atoms with E-state index in [0.29, 0.717) is 19.0 Å². The Labute approximate surface area is 185 Å². The van der Waals surface area contributed by atoms with Gasteiger partial charge in [-0.2, -0.15) is 0 Å². The second-order valence-corrected chi connectivity index (χ2v) is 11.2. The number of nitrogens with one attached hydrogen (secondary N) is 1. The van der Waals surface area contributed by atoms with Gasteiger partial charge in [0, 0.05) is 50.5 Å². The number of hydrogen-bond donors (Lipinski definition) is 2. The third-order valence-corrected chi connectivity index (χ3v) is 8.37. The lowest BCUT2D eigenvalue weighted by Gasteiger charge is -2.32. The van der Waals surface area contributed by atoms with Gasteiger partial charge in [0.05, 0.1) is 0 Å². The highest BCUT2D eigenvalue weighted by Gasteiger charge is 2.43. The maximum absolute atomic E-state index is 12.1. The number of hydrogen-bond acceptors (Lipinski definition) is 6. The van der Waals surface area contributed by atoms with Crippen LogP contribution in [-0.4, -0.2) is 80.1 Å². The summed E-state index contributed by atoms with van der Waals surface area (Å²) in [6.07, 6.45) is 4.14. The van der Waals surface area contributed by atoms with Crippen molar-refractivity contribution in [2.45, 2.75) is 24.5 Å². The molecule has 168 valence electrons. The van der Waals surface area contributed by atoms with E-state index in [1.165, 1.54) is 23.5 Å². The Bertz CT molecular complexity index is 1000. The summed E-state index contributed by atoms with van der Waals surface area (Å²) in [5, 5.41) is 8.94. The number of carbonyl (C=O) groups is 1. The normalized spacial score (nSPS) is 20.1. The summed E-state index contributed by atoms with van der Waals surface area (Å²) in [5.74, 6) is 6.16. The molecule has 0 aromatic heterocycles. The summed E-state index contributed by atoms with van der Waals surface area (Å²) in [6.45, 7) is 5.36. The fourth-order valence-electron chi connectivity index (χ4n) is 3.88. The van der Waals surface area contributed by atoms with E-state index >= 15 is 0 Å². The maximum atomic E-state index is 12.1. The number of hydroxylamine groups is 1. The molecule has 3 rings (SSSR count). The van der Waals surface area contributed by atoms with E-state index in [2.05, 4.69) is 59.0 Å². The molecule has 2 aliphatic heterocycles. The maximum Gasteiger partial charge on any atom is 0.264 e. The number of benzene rings is 1. The molecule has 0 spiro atoms. The Morgan fingerprint density at radius 3 is 2.48 bits per heavy atom. The lowest BCUT2D eigenvalue weighted by molar-refractivity contribution is -0.131. The van der Waals surface area contributed by atoms with Crippen LogP contribution in [0.15, 0.2) is 30.3 Å². The number of sulfone groups is 1. The van der Waals surface area contributed by atoms with E-state index < -0.39 is 20.5 Å². The van der Waals surface area contributed by atoms with Crippen molar-refractivity contribution >= 4 is 21.3 Å². The Morgan fingerprint density at radius 1 is 1.29 bits per heavy atom. The van der Waals surface area contributed by atoms with Crippen molar-refractivity contribution in [3.63, 3.8) is 0 Å². The fraction of sp³-hybridized carbons (Fsp3) is 0.522. The third kappa shape index (κ3) is 5.55. The Hall–Kier alpha value is -2.18. The van der Waals surface area contributed by atoms with Crippen LogP contribution in [0.2, 0.25) is 0 Å². The van der Waals surface area contributed by atoms with Crippen molar-refractivity contribution in [2.24, 2.45) is 5.92 Å². The second kappa shape index (κ2) is 9.53. The van der Waals surface area contributed by atoms with E-state index in [4.69, 9.17) is 5.21 Å². The number of rotatable bonds is 6. The van der Waals surface area contributed by atoms with Gasteiger partial charge >= 0.3 is 0 Å². The van der Waals surface area contributed by atoms with Crippen LogP contribution >= 0.6 is 0 Å². The molecule has 8 heteroatoms. The van der Waals surface area contributed by atoms with Crippen LogP contribution in [0.4, 0.5) is 0 Å². The summed E-state index contributed by atoms with van der Waals surface area (Å²) in [4.78, 5) is 16.3. The van der Waals surface area contributed by atoms with Gasteiger partial charge in [-0.3, -0.25) is 14.9 Å². The molecule has 0 radical (unpaired) electrons. The van der Waals surface area contributed by atoms with Crippen LogP contribution in [0.25, 0.3) is 5.57 Å². The molecule has 2 N–H and O–H groups in total. The molecule has 2 heterocycles. The van der Waals surface area contributed by atoms with Gasteiger partial charge < -0.3 is 4.90 Å². The zero-order valence-electron chi connectivity index (χ0n) is 18.4. The van der Waals surface area contributed by atoms with Crippen molar-refractivity contribution in [1.29, 1.82) is 0 Å². The molecule has 0 bridgehead atoms. The van der Waals surface area contributed by atoms with Gasteiger partial charge in [0.1, 0.15) is 0 Å². The monoisotopic (exact) mass is 445 g/mol. The Balaban J connectivity index is 1.57. The smallest absolute Gasteiger partial charge is 0.264 e. The first-order chi connectivity index (χ1) is 14.6. The van der Waals surface area contributed by atoms with Crippen LogP contribution in [0, 0.1) is 17.8 Å². The van der Waals surface area contributed by atoms with E-state index in [-0.39, 0.29) is 6.42 Å². The zero-order valence-corrected chi connectivity index (χ0v) is 19.2. The summed E-state index contributed by atoms with van der Waals surface area (Å²) in [5.41, 5.74) is 4.96. The average molecular weight is 446 g/mol. The molecule has 2 aliphatic rings. The summed E-state index contributed by atoms with van der Waals surface area (Å²) in [6, 6.07) is 8.32. The summed E-state index contributed by atoms with van der Waals surface area (Å²) >= 11 is 0. The van der Waals surface area contributed by atoms with Gasteiger partial charge in [-0.15, -0.1) is 0 Å². The van der Waals surface area contributed by atoms with Gasteiger partial charge in [0.25, 0.3) is 5.91 Å². The van der Waals surface area contributed by atoms with Gasteiger partial charge in [0.2, 0.25) is 0 Å². The quantitative estimate of drug-likeness (QED) is 0.391. The van der Waals surface area contributed by atoms with Gasteiger partial charge in [-0.05, 0) is 50.1 Å². The predicted molar refractivity (Wildman–Crippen MR) is 121 cm³/mol. The Kier molecular flexibility index (Phi) is 7.22. The lowest BCUT2D eigenvalue weighted by atomic mass is 9.97. The second-order valence-electron chi connectivity index (χ2n) is 8.74. The van der Waals surface area contributed by atoms with E-state index in [0.717, 1.165) is 37.9 Å². The molecule has 0 saturated carbocycles. The molecule has 1 saturated heterocycles. The van der Waals surface area contributed by atoms with Crippen molar-refractivity contribution in [3.8, 4) is 11.8 Å². The van der Waals surface area contributed by atoms with Crippen LogP contribution in [0.3, 0.4) is 0 Å². The topological polar surface area (TPSA) is 89.9 Å². The highest BCUT2D eigenvalue weighted by Crippen LogP contribution is 2.25. The molecule has 1 aromatic rings. The third-order valence-electron chi connectivity index (χ3n) is 6.34. The molecule has 1 fully saturated rings. The lowest BCUT2D eigenvalue weighted by Crippen LogP contribution is -2.51. The minimum atomic E-state index is -3.67. The zero-order chi connectivity index (χ0) is 22.6. The minimum absolute atomic E-state index is 0.117. The van der Waals surface area contributed by atoms with Crippen LogP contribution < -0.4 is 5.48 Å². The molecule has 1 unspecified atom stereocenters. The first-order valence-electron chi connectivity index (χ1n) is 10.5. The van der Waals surface area contributed by atoms with Crippen molar-refractivity contribution < 1.29 is 18.4 Å². The molecular formula is C23H31N3O4S. The first-order valence-corrected chi connectivity index (χ1v) is 12.4. The number of likely N-dealkylation sites (tertiary alicyclic amines) is 1. The van der Waals surface area contributed by atoms with Crippen LogP contribution in [-0.2, 0) is 14.6 Å². The van der Waals surface area contributed by atoms with Crippen molar-refractivity contribution in [1.82, 2.24) is 15.3 Å². The summed E-state index contributed by atoms with van der Waals surface area (Å²) in [7, 11) is -1.57. The van der Waals surface area contributed by atoms with Gasteiger partial charge in [-0.25, -0.2) is 13.9 Å². The number of carbonyl (C=O) groups excluding carboxylic acids is 1. The first kappa shape index (κ1) is 23.5. The fourth-order valence-corrected chi connectivity index (χ4v) is 4.72. The molecule has 1 atom stereocenters. The SMILES string of the molecule is CN1CC(C#Cc2ccc(C3=CCN(CCC(C)(C(=O)NO)S(C)(=O)=O)CC3)cc2)C1. The van der Waals surface area contributed by atoms with Crippen LogP contribution in [0.5, 0.6) is 0 Å². The molecule has 1 amide bonds. The standard InChI is InChI=1S/C23H31N3O4S/c1-23(22(27)24-28,31(3,29)30)12-15-26-13-10-21(11-14-26)20-8-6-18(7-9-20)4-5-19-16-25(2)17-19/h6-10,19,28H,11-17H2,1-3H3,(H,24,27).